The van der Waals surface area contributed by atoms with E-state index in [1.54, 1.807) is 0 Å². The SMILES string of the molecule is CC[C@H](NS(=O)(=O)c1ccc(C(=O)NC)cc1)c1ccc(C)cc1. The third kappa shape index (κ3) is 4.21. The van der Waals surface area contributed by atoms with Crippen LogP contribution in [0.15, 0.2) is 53.4 Å². The van der Waals surface area contributed by atoms with Gasteiger partial charge in [-0.05, 0) is 43.2 Å². The highest BCUT2D eigenvalue weighted by atomic mass is 32.2. The highest BCUT2D eigenvalue weighted by Crippen LogP contribution is 2.21. The van der Waals surface area contributed by atoms with E-state index in [0.717, 1.165) is 11.1 Å². The maximum absolute atomic E-state index is 12.6. The van der Waals surface area contributed by atoms with Crippen LogP contribution in [0.3, 0.4) is 0 Å². The van der Waals surface area contributed by atoms with Crippen molar-refractivity contribution in [1.29, 1.82) is 0 Å². The van der Waals surface area contributed by atoms with Gasteiger partial charge in [0.25, 0.3) is 5.91 Å². The second-order valence-corrected chi connectivity index (χ2v) is 7.31. The minimum Gasteiger partial charge on any atom is -0.355 e. The second kappa shape index (κ2) is 7.59. The van der Waals surface area contributed by atoms with Gasteiger partial charge in [0.05, 0.1) is 4.90 Å². The topological polar surface area (TPSA) is 75.3 Å². The molecule has 0 aromatic heterocycles. The number of rotatable bonds is 6. The van der Waals surface area contributed by atoms with Gasteiger partial charge in [0.2, 0.25) is 10.0 Å². The Morgan fingerprint density at radius 1 is 1.04 bits per heavy atom. The van der Waals surface area contributed by atoms with Crippen LogP contribution in [0, 0.1) is 6.92 Å². The zero-order valence-electron chi connectivity index (χ0n) is 14.0. The van der Waals surface area contributed by atoms with Gasteiger partial charge in [-0.15, -0.1) is 0 Å². The molecule has 2 N–H and O–H groups in total. The van der Waals surface area contributed by atoms with Crippen molar-refractivity contribution in [3.05, 3.63) is 65.2 Å². The monoisotopic (exact) mass is 346 g/mol. The number of sulfonamides is 1. The molecule has 1 atom stereocenters. The van der Waals surface area contributed by atoms with E-state index in [2.05, 4.69) is 10.0 Å². The number of nitrogens with one attached hydrogen (secondary N) is 2. The van der Waals surface area contributed by atoms with Crippen LogP contribution in [0.2, 0.25) is 0 Å². The van der Waals surface area contributed by atoms with Gasteiger partial charge in [-0.25, -0.2) is 13.1 Å². The van der Waals surface area contributed by atoms with Gasteiger partial charge in [-0.2, -0.15) is 0 Å². The molecule has 2 rings (SSSR count). The molecule has 0 saturated heterocycles. The summed E-state index contributed by atoms with van der Waals surface area (Å²) in [5.41, 5.74) is 2.47. The first-order valence-electron chi connectivity index (χ1n) is 7.78. The molecule has 0 heterocycles. The van der Waals surface area contributed by atoms with Crippen LogP contribution in [0.5, 0.6) is 0 Å². The molecular weight excluding hydrogens is 324 g/mol. The average molecular weight is 346 g/mol. The fourth-order valence-corrected chi connectivity index (χ4v) is 3.68. The molecular formula is C18H22N2O3S. The van der Waals surface area contributed by atoms with Crippen LogP contribution in [-0.2, 0) is 10.0 Å². The van der Waals surface area contributed by atoms with E-state index in [0.29, 0.717) is 12.0 Å². The summed E-state index contributed by atoms with van der Waals surface area (Å²) < 4.78 is 27.9. The lowest BCUT2D eigenvalue weighted by molar-refractivity contribution is 0.0963. The van der Waals surface area contributed by atoms with E-state index in [-0.39, 0.29) is 16.8 Å². The van der Waals surface area contributed by atoms with Crippen LogP contribution >= 0.6 is 0 Å². The number of carbonyl (C=O) groups is 1. The summed E-state index contributed by atoms with van der Waals surface area (Å²) >= 11 is 0. The quantitative estimate of drug-likeness (QED) is 0.844. The minimum atomic E-state index is -3.66. The smallest absolute Gasteiger partial charge is 0.251 e. The zero-order valence-corrected chi connectivity index (χ0v) is 14.9. The van der Waals surface area contributed by atoms with Crippen molar-refractivity contribution in [1.82, 2.24) is 10.0 Å². The Morgan fingerprint density at radius 2 is 1.62 bits per heavy atom. The third-order valence-electron chi connectivity index (χ3n) is 3.84. The highest BCUT2D eigenvalue weighted by Gasteiger charge is 2.20. The lowest BCUT2D eigenvalue weighted by Gasteiger charge is -2.18. The lowest BCUT2D eigenvalue weighted by Crippen LogP contribution is -2.28. The number of benzene rings is 2. The molecule has 2 aromatic rings. The number of aryl methyl sites for hydroxylation is 1. The van der Waals surface area contributed by atoms with Gasteiger partial charge in [0, 0.05) is 18.7 Å². The van der Waals surface area contributed by atoms with E-state index in [1.165, 1.54) is 31.3 Å². The minimum absolute atomic E-state index is 0.140. The number of carbonyl (C=O) groups excluding carboxylic acids is 1. The lowest BCUT2D eigenvalue weighted by atomic mass is 10.0. The normalized spacial score (nSPS) is 12.6. The Bertz CT molecular complexity index is 797. The van der Waals surface area contributed by atoms with Gasteiger partial charge in [0.15, 0.2) is 0 Å². The van der Waals surface area contributed by atoms with Crippen molar-refractivity contribution in [3.63, 3.8) is 0 Å². The van der Waals surface area contributed by atoms with E-state index >= 15 is 0 Å². The Balaban J connectivity index is 2.22. The first kappa shape index (κ1) is 18.2. The van der Waals surface area contributed by atoms with Crippen LogP contribution in [0.25, 0.3) is 0 Å². The molecule has 0 aliphatic carbocycles. The van der Waals surface area contributed by atoms with Crippen molar-refractivity contribution in [2.45, 2.75) is 31.2 Å². The summed E-state index contributed by atoms with van der Waals surface area (Å²) in [4.78, 5) is 11.7. The molecule has 1 amide bonds. The average Bonchev–Trinajstić information content (AvgIpc) is 2.60. The number of hydrogen-bond acceptors (Lipinski definition) is 3. The molecule has 0 fully saturated rings. The summed E-state index contributed by atoms with van der Waals surface area (Å²) in [5.74, 6) is -0.252. The molecule has 0 saturated carbocycles. The van der Waals surface area contributed by atoms with Gasteiger partial charge in [0.1, 0.15) is 0 Å². The summed E-state index contributed by atoms with van der Waals surface area (Å²) in [6.07, 6.45) is 0.638. The third-order valence-corrected chi connectivity index (χ3v) is 5.33. The summed E-state index contributed by atoms with van der Waals surface area (Å²) in [6, 6.07) is 13.4. The van der Waals surface area contributed by atoms with Crippen molar-refractivity contribution in [3.8, 4) is 0 Å². The Kier molecular flexibility index (Phi) is 5.75. The van der Waals surface area contributed by atoms with E-state index in [4.69, 9.17) is 0 Å². The molecule has 128 valence electrons. The summed E-state index contributed by atoms with van der Waals surface area (Å²) in [6.45, 7) is 3.92. The van der Waals surface area contributed by atoms with E-state index < -0.39 is 10.0 Å². The predicted molar refractivity (Wildman–Crippen MR) is 94.4 cm³/mol. The maximum atomic E-state index is 12.6. The molecule has 0 radical (unpaired) electrons. The Morgan fingerprint density at radius 3 is 2.12 bits per heavy atom. The molecule has 0 bridgehead atoms. The largest absolute Gasteiger partial charge is 0.355 e. The van der Waals surface area contributed by atoms with Crippen LogP contribution in [-0.4, -0.2) is 21.4 Å². The summed E-state index contributed by atoms with van der Waals surface area (Å²) in [7, 11) is -2.13. The fraction of sp³-hybridized carbons (Fsp3) is 0.278. The number of amides is 1. The van der Waals surface area contributed by atoms with E-state index in [1.807, 2.05) is 38.1 Å². The first-order chi connectivity index (χ1) is 11.4. The number of hydrogen-bond donors (Lipinski definition) is 2. The van der Waals surface area contributed by atoms with Gasteiger partial charge < -0.3 is 5.32 Å². The molecule has 0 aliphatic heterocycles. The molecule has 2 aromatic carbocycles. The molecule has 24 heavy (non-hydrogen) atoms. The molecule has 0 spiro atoms. The van der Waals surface area contributed by atoms with Crippen molar-refractivity contribution >= 4 is 15.9 Å². The van der Waals surface area contributed by atoms with Crippen molar-refractivity contribution in [2.75, 3.05) is 7.05 Å². The summed E-state index contributed by atoms with van der Waals surface area (Å²) in [5, 5.41) is 2.50. The van der Waals surface area contributed by atoms with Crippen molar-refractivity contribution in [2.24, 2.45) is 0 Å². The van der Waals surface area contributed by atoms with E-state index in [9.17, 15) is 13.2 Å². The molecule has 0 aliphatic rings. The molecule has 0 unspecified atom stereocenters. The van der Waals surface area contributed by atoms with Crippen LogP contribution < -0.4 is 10.0 Å². The fourth-order valence-electron chi connectivity index (χ4n) is 2.37. The second-order valence-electron chi connectivity index (χ2n) is 5.60. The maximum Gasteiger partial charge on any atom is 0.251 e. The highest BCUT2D eigenvalue weighted by molar-refractivity contribution is 7.89. The van der Waals surface area contributed by atoms with Crippen molar-refractivity contribution < 1.29 is 13.2 Å². The predicted octanol–water partition coefficient (Wildman–Crippen LogP) is 2.78. The van der Waals surface area contributed by atoms with Crippen LogP contribution in [0.1, 0.15) is 40.9 Å². The standard InChI is InChI=1S/C18H22N2O3S/c1-4-17(14-7-5-13(2)6-8-14)20-24(22,23)16-11-9-15(10-12-16)18(21)19-3/h5-12,17,20H,4H2,1-3H3,(H,19,21)/t17-/m0/s1. The van der Waals surface area contributed by atoms with Gasteiger partial charge >= 0.3 is 0 Å². The molecule has 5 nitrogen and oxygen atoms in total. The molecule has 6 heteroatoms. The Hall–Kier alpha value is -2.18. The Labute approximate surface area is 143 Å². The van der Waals surface area contributed by atoms with Gasteiger partial charge in [-0.3, -0.25) is 4.79 Å². The zero-order chi connectivity index (χ0) is 17.7. The van der Waals surface area contributed by atoms with Gasteiger partial charge in [-0.1, -0.05) is 36.8 Å². The van der Waals surface area contributed by atoms with Crippen LogP contribution in [0.4, 0.5) is 0 Å². The first-order valence-corrected chi connectivity index (χ1v) is 9.26.